The zero-order chi connectivity index (χ0) is 23.2. The highest BCUT2D eigenvalue weighted by Crippen LogP contribution is 2.36. The average molecular weight is 503 g/mol. The number of amides is 1. The van der Waals surface area contributed by atoms with E-state index in [1.54, 1.807) is 0 Å². The van der Waals surface area contributed by atoms with Gasteiger partial charge < -0.3 is 24.4 Å². The van der Waals surface area contributed by atoms with Gasteiger partial charge in [0.05, 0.1) is 16.7 Å². The third kappa shape index (κ3) is 7.35. The van der Waals surface area contributed by atoms with E-state index in [4.69, 9.17) is 37.4 Å². The summed E-state index contributed by atoms with van der Waals surface area (Å²) in [4.78, 5) is 14.5. The number of halogens is 3. The number of carbonyl (C=O) groups excluding carboxylic acids is 1. The second kappa shape index (κ2) is 11.9. The molecule has 0 spiro atoms. The maximum Gasteiger partial charge on any atom is 0.409 e. The molecule has 0 radical (unpaired) electrons. The van der Waals surface area contributed by atoms with Crippen LogP contribution in [-0.4, -0.2) is 55.7 Å². The van der Waals surface area contributed by atoms with Crippen LogP contribution in [0, 0.1) is 11.7 Å². The van der Waals surface area contributed by atoms with Crippen LogP contribution in [0.2, 0.25) is 10.0 Å². The summed E-state index contributed by atoms with van der Waals surface area (Å²) in [6, 6.07) is 2.66. The molecule has 2 aliphatic heterocycles. The van der Waals surface area contributed by atoms with Crippen LogP contribution in [0.25, 0.3) is 0 Å². The number of hydrogen-bond donors (Lipinski definition) is 1. The minimum Gasteiger partial charge on any atom is -0.487 e. The van der Waals surface area contributed by atoms with Crippen molar-refractivity contribution in [2.24, 2.45) is 5.92 Å². The number of piperidine rings is 1. The van der Waals surface area contributed by atoms with Gasteiger partial charge in [0, 0.05) is 25.6 Å². The predicted octanol–water partition coefficient (Wildman–Crippen LogP) is 5.79. The van der Waals surface area contributed by atoms with E-state index < -0.39 is 5.82 Å². The van der Waals surface area contributed by atoms with Crippen LogP contribution < -0.4 is 10.1 Å². The Morgan fingerprint density at radius 3 is 2.42 bits per heavy atom. The molecule has 4 rings (SSSR count). The smallest absolute Gasteiger partial charge is 0.409 e. The van der Waals surface area contributed by atoms with E-state index in [2.05, 4.69) is 10.2 Å². The van der Waals surface area contributed by atoms with Crippen LogP contribution in [0.4, 0.5) is 9.18 Å². The zero-order valence-corrected chi connectivity index (χ0v) is 20.4. The van der Waals surface area contributed by atoms with Crippen LogP contribution in [0.3, 0.4) is 0 Å². The average Bonchev–Trinajstić information content (AvgIpc) is 3.29. The molecule has 9 heteroatoms. The molecule has 1 unspecified atom stereocenters. The Balaban J connectivity index is 1.10. The zero-order valence-electron chi connectivity index (χ0n) is 18.9. The summed E-state index contributed by atoms with van der Waals surface area (Å²) in [6.45, 7) is 3.68. The van der Waals surface area contributed by atoms with Crippen LogP contribution in [0.5, 0.6) is 5.75 Å². The molecule has 184 valence electrons. The molecular formula is C24H33Cl2FN2O4. The second-order valence-electron chi connectivity index (χ2n) is 9.36. The molecule has 6 nitrogen and oxygen atoms in total. The molecule has 1 atom stereocenters. The molecule has 1 N–H and O–H groups in total. The van der Waals surface area contributed by atoms with E-state index in [0.717, 1.165) is 71.0 Å². The number of benzene rings is 1. The fourth-order valence-corrected chi connectivity index (χ4v) is 5.53. The lowest BCUT2D eigenvalue weighted by Gasteiger charge is -2.34. The van der Waals surface area contributed by atoms with Crippen LogP contribution >= 0.6 is 23.2 Å². The minimum atomic E-state index is -0.462. The van der Waals surface area contributed by atoms with Crippen molar-refractivity contribution in [3.8, 4) is 5.75 Å². The summed E-state index contributed by atoms with van der Waals surface area (Å²) in [5.74, 6) is 0.613. The fourth-order valence-electron chi connectivity index (χ4n) is 4.98. The van der Waals surface area contributed by atoms with Crippen molar-refractivity contribution in [1.29, 1.82) is 0 Å². The summed E-state index contributed by atoms with van der Waals surface area (Å²) in [5.41, 5.74) is 0. The third-order valence-electron chi connectivity index (χ3n) is 6.93. The van der Waals surface area contributed by atoms with Crippen molar-refractivity contribution in [2.75, 3.05) is 26.2 Å². The first-order valence-electron chi connectivity index (χ1n) is 12.1. The van der Waals surface area contributed by atoms with Crippen molar-refractivity contribution < 1.29 is 23.4 Å². The molecule has 1 aliphatic carbocycles. The van der Waals surface area contributed by atoms with E-state index in [-0.39, 0.29) is 34.6 Å². The Labute approximate surface area is 205 Å². The highest BCUT2D eigenvalue weighted by atomic mass is 35.5. The van der Waals surface area contributed by atoms with E-state index in [0.29, 0.717) is 18.3 Å². The Morgan fingerprint density at radius 2 is 1.79 bits per heavy atom. The normalized spacial score (nSPS) is 26.8. The first kappa shape index (κ1) is 24.8. The number of alkyl carbamates (subject to hydrolysis) is 1. The van der Waals surface area contributed by atoms with Gasteiger partial charge in [-0.1, -0.05) is 23.2 Å². The number of ether oxygens (including phenoxy) is 3. The Bertz CT molecular complexity index is 770. The maximum atomic E-state index is 13.4. The molecule has 33 heavy (non-hydrogen) atoms. The summed E-state index contributed by atoms with van der Waals surface area (Å²) >= 11 is 12.2. The van der Waals surface area contributed by atoms with E-state index >= 15 is 0 Å². The lowest BCUT2D eigenvalue weighted by atomic mass is 9.84. The molecule has 1 aromatic rings. The highest BCUT2D eigenvalue weighted by Gasteiger charge is 2.27. The molecule has 3 aliphatic rings. The lowest BCUT2D eigenvalue weighted by molar-refractivity contribution is -0.0688. The topological polar surface area (TPSA) is 60.0 Å². The molecule has 2 heterocycles. The van der Waals surface area contributed by atoms with E-state index in [1.165, 1.54) is 18.6 Å². The van der Waals surface area contributed by atoms with Crippen molar-refractivity contribution in [3.05, 3.63) is 28.0 Å². The highest BCUT2D eigenvalue weighted by molar-refractivity contribution is 6.37. The Morgan fingerprint density at radius 1 is 1.09 bits per heavy atom. The van der Waals surface area contributed by atoms with Gasteiger partial charge in [0.2, 0.25) is 6.29 Å². The fraction of sp³-hybridized carbons (Fsp3) is 0.708. The molecule has 0 bridgehead atoms. The lowest BCUT2D eigenvalue weighted by Crippen LogP contribution is -2.41. The van der Waals surface area contributed by atoms with Gasteiger partial charge in [-0.15, -0.1) is 0 Å². The van der Waals surface area contributed by atoms with Gasteiger partial charge >= 0.3 is 6.09 Å². The molecule has 1 amide bonds. The largest absolute Gasteiger partial charge is 0.487 e. The van der Waals surface area contributed by atoms with Crippen molar-refractivity contribution in [3.63, 3.8) is 0 Å². The first-order chi connectivity index (χ1) is 16.0. The maximum absolute atomic E-state index is 13.4. The van der Waals surface area contributed by atoms with Gasteiger partial charge in [-0.05, 0) is 76.0 Å². The molecule has 0 aromatic heterocycles. The molecule has 2 saturated heterocycles. The SMILES string of the molecule is O=C(NC1CCC(CCN2CCC(Oc3c(Cl)cc(F)cc3Cl)CC2)CC1)OC1CCCO1. The summed E-state index contributed by atoms with van der Waals surface area (Å²) in [5, 5.41) is 3.43. The Kier molecular flexibility index (Phi) is 8.97. The quantitative estimate of drug-likeness (QED) is 0.511. The van der Waals surface area contributed by atoms with Crippen molar-refractivity contribution in [2.45, 2.75) is 76.2 Å². The van der Waals surface area contributed by atoms with Crippen LogP contribution in [0.15, 0.2) is 12.1 Å². The Hall–Kier alpha value is -1.28. The summed E-state index contributed by atoms with van der Waals surface area (Å²) in [6.07, 6.45) is 8.28. The van der Waals surface area contributed by atoms with Crippen LogP contribution in [0.1, 0.15) is 57.8 Å². The van der Waals surface area contributed by atoms with Gasteiger partial charge in [-0.3, -0.25) is 0 Å². The standard InChI is InChI=1S/C24H33Cl2FN2O4/c25-20-14-17(27)15-21(26)23(20)32-19-8-11-29(12-9-19)10-7-16-3-5-18(6-4-16)28-24(30)33-22-2-1-13-31-22/h14-16,18-19,22H,1-13H2,(H,28,30). The monoisotopic (exact) mass is 502 g/mol. The van der Waals surface area contributed by atoms with E-state index in [1.807, 2.05) is 0 Å². The number of nitrogens with zero attached hydrogens (tertiary/aromatic N) is 1. The van der Waals surface area contributed by atoms with Gasteiger partial charge in [-0.25, -0.2) is 9.18 Å². The summed E-state index contributed by atoms with van der Waals surface area (Å²) in [7, 11) is 0. The van der Waals surface area contributed by atoms with Gasteiger partial charge in [0.25, 0.3) is 0 Å². The molecular weight excluding hydrogens is 470 g/mol. The summed E-state index contributed by atoms with van der Waals surface area (Å²) < 4.78 is 30.0. The van der Waals surface area contributed by atoms with E-state index in [9.17, 15) is 9.18 Å². The number of rotatable bonds is 7. The number of hydrogen-bond acceptors (Lipinski definition) is 5. The molecule has 1 aromatic carbocycles. The molecule has 1 saturated carbocycles. The van der Waals surface area contributed by atoms with Gasteiger partial charge in [0.1, 0.15) is 11.9 Å². The third-order valence-corrected chi connectivity index (χ3v) is 7.49. The first-order valence-corrected chi connectivity index (χ1v) is 12.8. The van der Waals surface area contributed by atoms with Crippen LogP contribution in [-0.2, 0) is 9.47 Å². The van der Waals surface area contributed by atoms with Crippen molar-refractivity contribution >= 4 is 29.3 Å². The van der Waals surface area contributed by atoms with Crippen molar-refractivity contribution in [1.82, 2.24) is 10.2 Å². The van der Waals surface area contributed by atoms with Gasteiger partial charge in [-0.2, -0.15) is 0 Å². The number of likely N-dealkylation sites (tertiary alicyclic amines) is 1. The van der Waals surface area contributed by atoms with Gasteiger partial charge in [0.15, 0.2) is 5.75 Å². The predicted molar refractivity (Wildman–Crippen MR) is 125 cm³/mol. The minimum absolute atomic E-state index is 0.0395. The molecule has 3 fully saturated rings. The number of carbonyl (C=O) groups is 1. The second-order valence-corrected chi connectivity index (χ2v) is 10.2. The number of nitrogens with one attached hydrogen (secondary N) is 1.